The molecule has 1 aliphatic rings. The molecule has 2 amide bonds. The molecule has 1 fully saturated rings. The predicted octanol–water partition coefficient (Wildman–Crippen LogP) is -3.84. The molecule has 0 aliphatic carbocycles. The summed E-state index contributed by atoms with van der Waals surface area (Å²) < 4.78 is 61.0. The van der Waals surface area contributed by atoms with Crippen LogP contribution in [0.15, 0.2) is 12.7 Å². The number of aliphatic hydroxyl groups is 5. The molecule has 31 nitrogen and oxygen atoms in total. The van der Waals surface area contributed by atoms with Crippen molar-refractivity contribution in [3.8, 4) is 0 Å². The highest BCUT2D eigenvalue weighted by atomic mass is 32.2. The number of aliphatic carboxylic acids is 2. The van der Waals surface area contributed by atoms with Crippen LogP contribution in [0, 0.1) is 5.41 Å². The number of imidazole rings is 1. The van der Waals surface area contributed by atoms with Crippen molar-refractivity contribution in [3.05, 3.63) is 12.7 Å². The number of hydrogen-bond donors (Lipinski definition) is 10. The molecule has 70 heavy (non-hydrogen) atoms. The second-order valence-electron chi connectivity index (χ2n) is 16.6. The molecule has 2 aromatic rings. The van der Waals surface area contributed by atoms with Crippen LogP contribution in [0.2, 0.25) is 0 Å². The Morgan fingerprint density at radius 1 is 0.943 bits per heavy atom. The number of nitrogens with two attached hydrogens (primary N) is 1. The molecule has 402 valence electrons. The highest BCUT2D eigenvalue weighted by Crippen LogP contribution is 2.56. The van der Waals surface area contributed by atoms with Gasteiger partial charge in [0.2, 0.25) is 11.8 Å². The Bertz CT molecular complexity index is 2260. The van der Waals surface area contributed by atoms with E-state index in [1.807, 2.05) is 0 Å². The number of fused-ring (bicyclic) bond motifs is 1. The maximum absolute atomic E-state index is 12.6. The van der Waals surface area contributed by atoms with Gasteiger partial charge in [-0.15, -0.1) is 0 Å². The van der Waals surface area contributed by atoms with E-state index in [9.17, 15) is 72.6 Å². The van der Waals surface area contributed by atoms with E-state index < -0.39 is 125 Å². The number of aromatic nitrogens is 4. The van der Waals surface area contributed by atoms with Crippen molar-refractivity contribution in [1.82, 2.24) is 30.2 Å². The predicted molar refractivity (Wildman–Crippen MR) is 232 cm³/mol. The molecule has 2 aromatic heterocycles. The number of hydrogen-bond acceptors (Lipinski definition) is 27. The van der Waals surface area contributed by atoms with Crippen LogP contribution in [0.4, 0.5) is 5.82 Å². The smallest absolute Gasteiger partial charge is 0.306 e. The van der Waals surface area contributed by atoms with Crippen molar-refractivity contribution in [2.75, 3.05) is 44.4 Å². The van der Waals surface area contributed by atoms with Crippen molar-refractivity contribution >= 4 is 81.1 Å². The van der Waals surface area contributed by atoms with Gasteiger partial charge in [0.15, 0.2) is 22.3 Å². The molecule has 11 N–H and O–H groups in total. The summed E-state index contributed by atoms with van der Waals surface area (Å²) in [6.07, 6.45) is -7.62. The van der Waals surface area contributed by atoms with Gasteiger partial charge in [-0.3, -0.25) is 37.7 Å². The Morgan fingerprint density at radius 3 is 2.10 bits per heavy atom. The van der Waals surface area contributed by atoms with Crippen LogP contribution in [-0.2, 0) is 66.0 Å². The van der Waals surface area contributed by atoms with Gasteiger partial charge >= 0.3 is 11.9 Å². The van der Waals surface area contributed by atoms with Crippen LogP contribution < -0.4 is 35.9 Å². The molecule has 0 aromatic carbocycles. The summed E-state index contributed by atoms with van der Waals surface area (Å²) >= 11 is 0.759. The second kappa shape index (κ2) is 26.4. The number of anilines is 1. The number of rotatable bonds is 27. The summed E-state index contributed by atoms with van der Waals surface area (Å²) in [4.78, 5) is 117. The van der Waals surface area contributed by atoms with E-state index in [-0.39, 0.29) is 69.1 Å². The summed E-state index contributed by atoms with van der Waals surface area (Å²) in [5.41, 5.74) is -1.10. The summed E-state index contributed by atoms with van der Waals surface area (Å²) in [6, 6.07) is 0. The fourth-order valence-electron chi connectivity index (χ4n) is 5.99. The van der Waals surface area contributed by atoms with Gasteiger partial charge in [-0.1, -0.05) is 33.0 Å². The summed E-state index contributed by atoms with van der Waals surface area (Å²) in [5, 5.41) is 70.2. The molecular weight excluding hydrogens is 1030 g/mol. The number of carbonyl (C=O) groups is 5. The number of ether oxygens (including phenoxy) is 1. The normalized spacial score (nSPS) is 22.1. The zero-order valence-corrected chi connectivity index (χ0v) is 40.9. The van der Waals surface area contributed by atoms with Gasteiger partial charge in [0.05, 0.1) is 51.4 Å². The Morgan fingerprint density at radius 2 is 1.53 bits per heavy atom. The van der Waals surface area contributed by atoms with Crippen LogP contribution in [0.3, 0.4) is 0 Å². The molecular formula is C35H58N7O24P3S-4. The standard InChI is InChI=1S/C28H46N7O20P3S.C6H12O4.CH4/c1-26(2,22(41)25(42)31-6-5-16(36)30-7-8-59-18(39)10-27(3,43)9-17(37)38)12-52-58(49,50)55-57(47,48)51-11-15-20(54-56(44,45)46)21(40)28(4,53-15)35-14-34-19-23(29)32-13-33-24(19)35;1-6(10,2-3-7)4-5(8)9;/h13-15,20-22,40-41,43H,5-12H2,1-4H3,(H,30,36)(H,31,42)(H,37,38)(H,47,48)(H,49,50)(H2,29,32,33)(H2,44,45,46);7,10H,2-4H2,1H3,(H,8,9);1H4/p-4/t15?,20?,21?,22?,27-,28?;6-;/m01./s1. The number of nitrogens with zero attached hydrogens (tertiary/aromatic N) is 4. The largest absolute Gasteiger partial charge is 0.790 e. The number of thioether (sulfide) groups is 1. The van der Waals surface area contributed by atoms with Gasteiger partial charge in [0.1, 0.15) is 36.3 Å². The van der Waals surface area contributed by atoms with Crippen LogP contribution in [0.1, 0.15) is 74.1 Å². The highest BCUT2D eigenvalue weighted by molar-refractivity contribution is 8.13. The number of nitrogen functional groups attached to an aromatic ring is 1. The Labute approximate surface area is 403 Å². The molecule has 1 saturated heterocycles. The third-order valence-corrected chi connectivity index (χ3v) is 13.4. The van der Waals surface area contributed by atoms with E-state index in [2.05, 4.69) is 43.5 Å². The van der Waals surface area contributed by atoms with Crippen LogP contribution in [-0.4, -0.2) is 158 Å². The summed E-state index contributed by atoms with van der Waals surface area (Å²) in [6.45, 7) is 3.22. The molecule has 7 unspecified atom stereocenters. The number of carbonyl (C=O) groups excluding carboxylic acids is 3. The monoisotopic (exact) mass is 1090 g/mol. The van der Waals surface area contributed by atoms with Gasteiger partial charge in [-0.2, -0.15) is 0 Å². The van der Waals surface area contributed by atoms with E-state index in [0.29, 0.717) is 0 Å². The quantitative estimate of drug-likeness (QED) is 0.0302. The van der Waals surface area contributed by atoms with Crippen molar-refractivity contribution in [3.63, 3.8) is 0 Å². The molecule has 0 bridgehead atoms. The van der Waals surface area contributed by atoms with Crippen LogP contribution in [0.5, 0.6) is 0 Å². The number of carboxylic acids is 2. The molecule has 0 radical (unpaired) electrons. The summed E-state index contributed by atoms with van der Waals surface area (Å²) in [7, 11) is -17.7. The van der Waals surface area contributed by atoms with Crippen molar-refractivity contribution in [1.29, 1.82) is 0 Å². The lowest BCUT2D eigenvalue weighted by atomic mass is 9.87. The topological polar surface area (TPSA) is 510 Å². The molecule has 1 aliphatic heterocycles. The Balaban J connectivity index is 0.00000199. The molecule has 0 spiro atoms. The number of nitrogens with one attached hydrogen (secondary N) is 2. The van der Waals surface area contributed by atoms with E-state index in [1.165, 1.54) is 13.8 Å². The van der Waals surface area contributed by atoms with Crippen molar-refractivity contribution in [2.24, 2.45) is 5.41 Å². The minimum Gasteiger partial charge on any atom is -0.790 e. The second-order valence-corrected chi connectivity index (χ2v) is 21.8. The summed E-state index contributed by atoms with van der Waals surface area (Å²) in [5.74, 6) is -3.99. The Kier molecular flexibility index (Phi) is 24.3. The lowest BCUT2D eigenvalue weighted by Crippen LogP contribution is -2.46. The van der Waals surface area contributed by atoms with Gasteiger partial charge in [0.25, 0.3) is 15.6 Å². The zero-order chi connectivity index (χ0) is 53.0. The van der Waals surface area contributed by atoms with Gasteiger partial charge in [-0.25, -0.2) is 19.3 Å². The first-order valence-electron chi connectivity index (χ1n) is 20.0. The lowest BCUT2D eigenvalue weighted by molar-refractivity contribution is -0.347. The molecule has 0 saturated carbocycles. The fraction of sp³-hybridized carbons (Fsp3) is 0.714. The van der Waals surface area contributed by atoms with Gasteiger partial charge in [0, 0.05) is 43.7 Å². The first-order valence-corrected chi connectivity index (χ1v) is 25.3. The van der Waals surface area contributed by atoms with E-state index >= 15 is 0 Å². The average molecular weight is 1090 g/mol. The van der Waals surface area contributed by atoms with Crippen LogP contribution >= 0.6 is 35.2 Å². The van der Waals surface area contributed by atoms with Gasteiger partial charge < -0.3 is 94.6 Å². The third-order valence-electron chi connectivity index (χ3n) is 9.47. The zero-order valence-electron chi connectivity index (χ0n) is 37.4. The minimum absolute atomic E-state index is 0. The Hall–Kier alpha value is -3.62. The van der Waals surface area contributed by atoms with Crippen LogP contribution in [0.25, 0.3) is 11.2 Å². The minimum atomic E-state index is -5.97. The highest BCUT2D eigenvalue weighted by Gasteiger charge is 2.55. The number of phosphoric acid groups is 3. The number of phosphoric ester groups is 3. The molecule has 3 heterocycles. The molecule has 35 heteroatoms. The van der Waals surface area contributed by atoms with Gasteiger partial charge in [-0.05, 0) is 27.2 Å². The number of amides is 2. The molecule has 3 rings (SSSR count). The fourth-order valence-corrected chi connectivity index (χ4v) is 9.56. The van der Waals surface area contributed by atoms with Crippen molar-refractivity contribution < 1.29 is 116 Å². The third kappa shape index (κ3) is 21.2. The first kappa shape index (κ1) is 64.4. The average Bonchev–Trinajstić information content (AvgIpc) is 3.72. The first-order chi connectivity index (χ1) is 31.5. The SMILES string of the molecule is C.CC(C)(COP(=O)([O-])OP(=O)([O-])OCC1OC(C)(n2cnc3c(N)ncnc32)C(O)C1OP(=O)([O-])[O-])C(O)C(=O)NCCC(=O)NCCSC(=O)C[C@@](C)(O)CC(=O)O.C[C@@](O)(CCO)CC(=O)O. The number of carboxylic acid groups (broad SMARTS) is 2. The van der Waals surface area contributed by atoms with Crippen molar-refractivity contribution in [2.45, 2.75) is 115 Å². The number of aliphatic hydroxyl groups excluding tert-OH is 3. The van der Waals surface area contributed by atoms with E-state index in [0.717, 1.165) is 49.8 Å². The van der Waals surface area contributed by atoms with E-state index in [4.69, 9.17) is 30.9 Å². The maximum atomic E-state index is 12.6. The molecule has 9 atom stereocenters. The maximum Gasteiger partial charge on any atom is 0.306 e. The lowest BCUT2D eigenvalue weighted by Gasteiger charge is -2.36. The van der Waals surface area contributed by atoms with E-state index in [1.54, 1.807) is 0 Å².